The van der Waals surface area contributed by atoms with Crippen LogP contribution in [0.1, 0.15) is 26.7 Å². The molecule has 15 heavy (non-hydrogen) atoms. The van der Waals surface area contributed by atoms with E-state index in [0.717, 1.165) is 12.8 Å². The quantitative estimate of drug-likeness (QED) is 0.807. The Morgan fingerprint density at radius 3 is 2.47 bits per heavy atom. The van der Waals surface area contributed by atoms with Gasteiger partial charge in [-0.2, -0.15) is 0 Å². The van der Waals surface area contributed by atoms with E-state index in [4.69, 9.17) is 5.73 Å². The van der Waals surface area contributed by atoms with Crippen LogP contribution in [0.25, 0.3) is 0 Å². The molecule has 0 fully saturated rings. The number of nitrogens with two attached hydrogens (primary N) is 1. The second-order valence-electron chi connectivity index (χ2n) is 3.42. The van der Waals surface area contributed by atoms with Crippen LogP contribution in [0, 0.1) is 5.82 Å². The third-order valence-corrected chi connectivity index (χ3v) is 4.48. The van der Waals surface area contributed by atoms with Crippen LogP contribution in [0.4, 0.5) is 10.1 Å². The molecule has 0 spiro atoms. The Morgan fingerprint density at radius 2 is 2.00 bits per heavy atom. The van der Waals surface area contributed by atoms with Gasteiger partial charge in [-0.1, -0.05) is 13.8 Å². The molecule has 1 aromatic carbocycles. The van der Waals surface area contributed by atoms with Crippen LogP contribution in [0.2, 0.25) is 0 Å². The van der Waals surface area contributed by atoms with E-state index in [1.54, 1.807) is 0 Å². The van der Waals surface area contributed by atoms with Gasteiger partial charge in [0.2, 0.25) is 0 Å². The van der Waals surface area contributed by atoms with E-state index < -0.39 is 16.6 Å². The highest BCUT2D eigenvalue weighted by Crippen LogP contribution is 2.22. The normalized spacial score (nSPS) is 13.1. The molecule has 2 nitrogen and oxygen atoms in total. The third kappa shape index (κ3) is 2.78. The van der Waals surface area contributed by atoms with E-state index in [0.29, 0.717) is 4.90 Å². The number of nitrogen functional groups attached to an aromatic ring is 1. The lowest BCUT2D eigenvalue weighted by Gasteiger charge is -2.13. The van der Waals surface area contributed by atoms with Crippen molar-refractivity contribution in [2.45, 2.75) is 36.8 Å². The molecule has 0 heterocycles. The van der Waals surface area contributed by atoms with Gasteiger partial charge in [0.05, 0.1) is 21.4 Å². The molecule has 0 aliphatic carbocycles. The van der Waals surface area contributed by atoms with Gasteiger partial charge >= 0.3 is 0 Å². The molecule has 84 valence electrons. The van der Waals surface area contributed by atoms with Crippen molar-refractivity contribution in [3.05, 3.63) is 24.0 Å². The van der Waals surface area contributed by atoms with Gasteiger partial charge in [-0.3, -0.25) is 4.21 Å². The molecule has 0 bridgehead atoms. The maximum Gasteiger partial charge on any atom is 0.125 e. The highest BCUT2D eigenvalue weighted by atomic mass is 32.2. The molecule has 0 radical (unpaired) electrons. The van der Waals surface area contributed by atoms with Gasteiger partial charge in [0.25, 0.3) is 0 Å². The summed E-state index contributed by atoms with van der Waals surface area (Å²) in [7, 11) is -1.13. The third-order valence-electron chi connectivity index (χ3n) is 2.40. The first-order valence-electron chi connectivity index (χ1n) is 5.05. The Bertz CT molecular complexity index is 364. The first-order valence-corrected chi connectivity index (χ1v) is 6.27. The Hall–Kier alpha value is -0.900. The fourth-order valence-corrected chi connectivity index (χ4v) is 2.93. The molecule has 4 heteroatoms. The summed E-state index contributed by atoms with van der Waals surface area (Å²) in [6.45, 7) is 3.98. The van der Waals surface area contributed by atoms with Gasteiger partial charge in [-0.05, 0) is 31.0 Å². The molecule has 1 rings (SSSR count). The minimum Gasteiger partial charge on any atom is -0.398 e. The number of halogens is 1. The standard InChI is InChI=1S/C11H16FNOS/c1-3-9(4-2)15(14)11-6-5-8(12)7-10(11)13/h5-7,9H,3-4,13H2,1-2H3. The zero-order valence-electron chi connectivity index (χ0n) is 9.00. The summed E-state index contributed by atoms with van der Waals surface area (Å²) in [6, 6.07) is 4.03. The lowest BCUT2D eigenvalue weighted by molar-refractivity contribution is 0.626. The Morgan fingerprint density at radius 1 is 1.40 bits per heavy atom. The summed E-state index contributed by atoms with van der Waals surface area (Å²) in [6.07, 6.45) is 1.67. The van der Waals surface area contributed by atoms with Crippen molar-refractivity contribution < 1.29 is 8.60 Å². The molecule has 0 saturated carbocycles. The van der Waals surface area contributed by atoms with Gasteiger partial charge < -0.3 is 5.73 Å². The van der Waals surface area contributed by atoms with Crippen LogP contribution < -0.4 is 5.73 Å². The second kappa shape index (κ2) is 5.26. The zero-order chi connectivity index (χ0) is 11.4. The van der Waals surface area contributed by atoms with Crippen molar-refractivity contribution in [1.82, 2.24) is 0 Å². The summed E-state index contributed by atoms with van der Waals surface area (Å²) >= 11 is 0. The Labute approximate surface area is 92.1 Å². The van der Waals surface area contributed by atoms with Gasteiger partial charge in [0, 0.05) is 5.25 Å². The lowest BCUT2D eigenvalue weighted by atomic mass is 10.3. The minimum absolute atomic E-state index is 0.0951. The van der Waals surface area contributed by atoms with Crippen LogP contribution >= 0.6 is 0 Å². The Balaban J connectivity index is 3.00. The second-order valence-corrected chi connectivity index (χ2v) is 5.12. The van der Waals surface area contributed by atoms with Crippen molar-refractivity contribution in [1.29, 1.82) is 0 Å². The average Bonchev–Trinajstić information content (AvgIpc) is 2.19. The number of hydrogen-bond donors (Lipinski definition) is 1. The molecule has 1 aromatic rings. The molecule has 0 amide bonds. The fraction of sp³-hybridized carbons (Fsp3) is 0.455. The molecule has 0 aliphatic rings. The number of rotatable bonds is 4. The number of anilines is 1. The van der Waals surface area contributed by atoms with E-state index in [-0.39, 0.29) is 10.9 Å². The van der Waals surface area contributed by atoms with Crippen LogP contribution in [0.5, 0.6) is 0 Å². The van der Waals surface area contributed by atoms with Crippen molar-refractivity contribution in [3.63, 3.8) is 0 Å². The summed E-state index contributed by atoms with van der Waals surface area (Å²) in [4.78, 5) is 0.546. The van der Waals surface area contributed by atoms with Crippen molar-refractivity contribution in [2.24, 2.45) is 0 Å². The molecule has 0 aromatic heterocycles. The monoisotopic (exact) mass is 229 g/mol. The topological polar surface area (TPSA) is 43.1 Å². The largest absolute Gasteiger partial charge is 0.398 e. The predicted molar refractivity (Wildman–Crippen MR) is 61.6 cm³/mol. The summed E-state index contributed by atoms with van der Waals surface area (Å²) in [5.74, 6) is -0.391. The smallest absolute Gasteiger partial charge is 0.125 e. The fourth-order valence-electron chi connectivity index (χ4n) is 1.47. The molecular formula is C11H16FNOS. The van der Waals surface area contributed by atoms with Crippen LogP contribution in [0.15, 0.2) is 23.1 Å². The molecule has 1 unspecified atom stereocenters. The molecule has 1 atom stereocenters. The maximum atomic E-state index is 12.8. The maximum absolute atomic E-state index is 12.8. The van der Waals surface area contributed by atoms with Gasteiger partial charge in [0.1, 0.15) is 5.82 Å². The lowest BCUT2D eigenvalue weighted by Crippen LogP contribution is -2.14. The van der Waals surface area contributed by atoms with Crippen molar-refractivity contribution >= 4 is 16.5 Å². The molecule has 2 N–H and O–H groups in total. The molecule has 0 aliphatic heterocycles. The van der Waals surface area contributed by atoms with Crippen molar-refractivity contribution in [2.75, 3.05) is 5.73 Å². The minimum atomic E-state index is -1.13. The number of hydrogen-bond acceptors (Lipinski definition) is 2. The van der Waals surface area contributed by atoms with Gasteiger partial charge in [0.15, 0.2) is 0 Å². The van der Waals surface area contributed by atoms with E-state index in [1.165, 1.54) is 18.2 Å². The van der Waals surface area contributed by atoms with Crippen LogP contribution in [0.3, 0.4) is 0 Å². The zero-order valence-corrected chi connectivity index (χ0v) is 9.81. The summed E-state index contributed by atoms with van der Waals surface area (Å²) in [5.41, 5.74) is 5.91. The molecular weight excluding hydrogens is 213 g/mol. The van der Waals surface area contributed by atoms with Crippen LogP contribution in [-0.4, -0.2) is 9.46 Å². The van der Waals surface area contributed by atoms with Crippen molar-refractivity contribution in [3.8, 4) is 0 Å². The predicted octanol–water partition coefficient (Wildman–Crippen LogP) is 2.70. The van der Waals surface area contributed by atoms with E-state index in [1.807, 2.05) is 13.8 Å². The molecule has 0 saturated heterocycles. The van der Waals surface area contributed by atoms with E-state index >= 15 is 0 Å². The average molecular weight is 229 g/mol. The van der Waals surface area contributed by atoms with Crippen LogP contribution in [-0.2, 0) is 10.8 Å². The van der Waals surface area contributed by atoms with Gasteiger partial charge in [-0.15, -0.1) is 0 Å². The first kappa shape index (κ1) is 12.2. The van der Waals surface area contributed by atoms with E-state index in [2.05, 4.69) is 0 Å². The first-order chi connectivity index (χ1) is 7.10. The highest BCUT2D eigenvalue weighted by Gasteiger charge is 2.16. The van der Waals surface area contributed by atoms with E-state index in [9.17, 15) is 8.60 Å². The highest BCUT2D eigenvalue weighted by molar-refractivity contribution is 7.85. The van der Waals surface area contributed by atoms with Gasteiger partial charge in [-0.25, -0.2) is 4.39 Å². The SMILES string of the molecule is CCC(CC)S(=O)c1ccc(F)cc1N. The summed E-state index contributed by atoms with van der Waals surface area (Å²) < 4.78 is 24.8. The summed E-state index contributed by atoms with van der Waals surface area (Å²) in [5, 5.41) is 0.0951. The Kier molecular flexibility index (Phi) is 4.27. The number of benzene rings is 1.